The summed E-state index contributed by atoms with van der Waals surface area (Å²) in [5.41, 5.74) is 1.89. The van der Waals surface area contributed by atoms with Crippen LogP contribution in [0.4, 0.5) is 4.79 Å². The Morgan fingerprint density at radius 1 is 1.41 bits per heavy atom. The Hall–Kier alpha value is -2.38. The number of fused-ring (bicyclic) bond motifs is 1. The maximum atomic E-state index is 12.7. The summed E-state index contributed by atoms with van der Waals surface area (Å²) in [6.07, 6.45) is 2.49. The Bertz CT molecular complexity index is 620. The van der Waals surface area contributed by atoms with Gasteiger partial charge >= 0.3 is 6.03 Å². The Balaban J connectivity index is 1.82. The van der Waals surface area contributed by atoms with Crippen LogP contribution in [0, 0.1) is 5.41 Å². The number of carbonyl (C=O) groups excluding carboxylic acids is 3. The number of nitrogens with zero attached hydrogens (tertiary/aromatic N) is 2. The molecule has 118 valence electrons. The lowest BCUT2D eigenvalue weighted by atomic mass is 9.87. The summed E-state index contributed by atoms with van der Waals surface area (Å²) in [6.45, 7) is 5.15. The molecule has 3 N–H and O–H groups in total. The normalized spacial score (nSPS) is 24.1. The van der Waals surface area contributed by atoms with Crippen LogP contribution in [0.1, 0.15) is 31.5 Å². The van der Waals surface area contributed by atoms with E-state index in [4.69, 9.17) is 0 Å². The predicted molar refractivity (Wildman–Crippen MR) is 76.6 cm³/mol. The highest BCUT2D eigenvalue weighted by Gasteiger charge is 2.37. The van der Waals surface area contributed by atoms with E-state index in [1.165, 1.54) is 0 Å². The number of H-pyrrole nitrogens is 1. The number of hydrogen-bond donors (Lipinski definition) is 3. The van der Waals surface area contributed by atoms with Gasteiger partial charge in [-0.15, -0.1) is 0 Å². The maximum absolute atomic E-state index is 12.7. The average molecular weight is 305 g/mol. The van der Waals surface area contributed by atoms with Crippen LogP contribution in [-0.2, 0) is 22.6 Å². The van der Waals surface area contributed by atoms with Crippen molar-refractivity contribution in [2.45, 2.75) is 39.3 Å². The second-order valence-corrected chi connectivity index (χ2v) is 6.69. The molecule has 0 unspecified atom stereocenters. The minimum atomic E-state index is -0.800. The monoisotopic (exact) mass is 305 g/mol. The Morgan fingerprint density at radius 3 is 2.91 bits per heavy atom. The molecule has 0 saturated carbocycles. The molecule has 3 rings (SSSR count). The van der Waals surface area contributed by atoms with E-state index in [9.17, 15) is 14.4 Å². The van der Waals surface area contributed by atoms with E-state index in [0.29, 0.717) is 13.1 Å². The smallest absolute Gasteiger partial charge is 0.322 e. The number of amides is 4. The summed E-state index contributed by atoms with van der Waals surface area (Å²) in [5.74, 6) is -0.662. The van der Waals surface area contributed by atoms with Gasteiger partial charge in [0.2, 0.25) is 11.8 Å². The third kappa shape index (κ3) is 2.81. The third-order valence-electron chi connectivity index (χ3n) is 4.00. The molecule has 1 aromatic heterocycles. The quantitative estimate of drug-likeness (QED) is 0.674. The summed E-state index contributed by atoms with van der Waals surface area (Å²) < 4.78 is 0. The predicted octanol–water partition coefficient (Wildman–Crippen LogP) is -0.0813. The van der Waals surface area contributed by atoms with Crippen LogP contribution in [0.3, 0.4) is 0 Å². The van der Waals surface area contributed by atoms with Crippen molar-refractivity contribution in [3.05, 3.63) is 17.5 Å². The van der Waals surface area contributed by atoms with Gasteiger partial charge in [-0.05, 0) is 11.8 Å². The lowest BCUT2D eigenvalue weighted by Crippen LogP contribution is -2.58. The van der Waals surface area contributed by atoms with Crippen molar-refractivity contribution in [3.8, 4) is 0 Å². The van der Waals surface area contributed by atoms with Crippen LogP contribution in [0.5, 0.6) is 0 Å². The highest BCUT2D eigenvalue weighted by molar-refractivity contribution is 6.02. The van der Waals surface area contributed by atoms with Crippen molar-refractivity contribution in [2.24, 2.45) is 5.41 Å². The summed E-state index contributed by atoms with van der Waals surface area (Å²) in [7, 11) is 0. The molecule has 2 aliphatic heterocycles. The van der Waals surface area contributed by atoms with Crippen molar-refractivity contribution in [3.63, 3.8) is 0 Å². The Kier molecular flexibility index (Phi) is 3.38. The maximum Gasteiger partial charge on any atom is 0.322 e. The minimum Gasteiger partial charge on any atom is -0.336 e. The van der Waals surface area contributed by atoms with Crippen LogP contribution < -0.4 is 10.6 Å². The largest absolute Gasteiger partial charge is 0.336 e. The molecule has 0 aromatic carbocycles. The van der Waals surface area contributed by atoms with E-state index in [1.807, 2.05) is 0 Å². The number of aromatic nitrogens is 2. The molecular weight excluding hydrogens is 286 g/mol. The van der Waals surface area contributed by atoms with Gasteiger partial charge in [0.15, 0.2) is 0 Å². The highest BCUT2D eigenvalue weighted by Crippen LogP contribution is 2.29. The molecule has 1 fully saturated rings. The Labute approximate surface area is 127 Å². The molecule has 3 heterocycles. The van der Waals surface area contributed by atoms with Crippen molar-refractivity contribution < 1.29 is 14.4 Å². The number of nitrogens with one attached hydrogen (secondary N) is 3. The second-order valence-electron chi connectivity index (χ2n) is 6.69. The van der Waals surface area contributed by atoms with Gasteiger partial charge in [-0.1, -0.05) is 13.8 Å². The van der Waals surface area contributed by atoms with E-state index in [1.54, 1.807) is 11.1 Å². The highest BCUT2D eigenvalue weighted by atomic mass is 16.2. The molecule has 1 aromatic rings. The molecule has 0 spiro atoms. The van der Waals surface area contributed by atoms with Crippen molar-refractivity contribution in [2.75, 3.05) is 6.54 Å². The second kappa shape index (κ2) is 5.11. The number of rotatable bonds is 1. The molecule has 1 saturated heterocycles. The zero-order valence-electron chi connectivity index (χ0n) is 12.6. The van der Waals surface area contributed by atoms with Crippen LogP contribution >= 0.6 is 0 Å². The van der Waals surface area contributed by atoms with E-state index in [0.717, 1.165) is 17.7 Å². The van der Waals surface area contributed by atoms with Crippen LogP contribution in [0.25, 0.3) is 0 Å². The van der Waals surface area contributed by atoms with E-state index in [2.05, 4.69) is 34.7 Å². The number of urea groups is 1. The van der Waals surface area contributed by atoms with Gasteiger partial charge in [0.1, 0.15) is 6.04 Å². The van der Waals surface area contributed by atoms with Gasteiger partial charge < -0.3 is 10.2 Å². The van der Waals surface area contributed by atoms with E-state index in [-0.39, 0.29) is 17.7 Å². The molecule has 2 aliphatic rings. The molecule has 4 amide bonds. The first-order chi connectivity index (χ1) is 10.3. The lowest BCUT2D eigenvalue weighted by Gasteiger charge is -2.33. The summed E-state index contributed by atoms with van der Waals surface area (Å²) in [4.78, 5) is 37.3. The third-order valence-corrected chi connectivity index (χ3v) is 4.00. The molecule has 22 heavy (non-hydrogen) atoms. The Morgan fingerprint density at radius 2 is 2.18 bits per heavy atom. The molecule has 8 heteroatoms. The molecule has 0 radical (unpaired) electrons. The molecule has 8 nitrogen and oxygen atoms in total. The van der Waals surface area contributed by atoms with Gasteiger partial charge in [-0.25, -0.2) is 4.79 Å². The van der Waals surface area contributed by atoms with Gasteiger partial charge in [-0.2, -0.15) is 5.10 Å². The number of imide groups is 1. The average Bonchev–Trinajstić information content (AvgIpc) is 2.77. The van der Waals surface area contributed by atoms with E-state index < -0.39 is 18.0 Å². The fourth-order valence-electron chi connectivity index (χ4n) is 3.07. The van der Waals surface area contributed by atoms with E-state index >= 15 is 0 Å². The fourth-order valence-corrected chi connectivity index (χ4v) is 3.07. The SMILES string of the molecule is CC1(C)Cc2[nH]ncc2CN(C(=O)[C@@H]2CC(=O)NC(=O)N2)C1. The van der Waals surface area contributed by atoms with Crippen LogP contribution in [0.15, 0.2) is 6.20 Å². The van der Waals surface area contributed by atoms with Crippen molar-refractivity contribution >= 4 is 17.8 Å². The number of aromatic amines is 1. The number of hydrogen-bond acceptors (Lipinski definition) is 4. The van der Waals surface area contributed by atoms with Crippen LogP contribution in [-0.4, -0.2) is 45.5 Å². The summed E-state index contributed by atoms with van der Waals surface area (Å²) in [5, 5.41) is 11.7. The first-order valence-corrected chi connectivity index (χ1v) is 7.24. The number of carbonyl (C=O) groups is 3. The van der Waals surface area contributed by atoms with Gasteiger partial charge in [0.25, 0.3) is 0 Å². The molecule has 0 aliphatic carbocycles. The standard InChI is InChI=1S/C14H19N5O3/c1-14(2)4-10-8(5-15-18-10)6-19(7-14)12(21)9-3-11(20)17-13(22)16-9/h5,9H,3-4,6-7H2,1-2H3,(H,15,18)(H2,16,17,20,22)/t9-/m0/s1. The molecule has 0 bridgehead atoms. The van der Waals surface area contributed by atoms with Crippen molar-refractivity contribution in [1.29, 1.82) is 0 Å². The first kappa shape index (κ1) is 14.6. The molecular formula is C14H19N5O3. The van der Waals surface area contributed by atoms with Gasteiger partial charge in [-0.3, -0.25) is 20.0 Å². The van der Waals surface area contributed by atoms with Crippen LogP contribution in [0.2, 0.25) is 0 Å². The summed E-state index contributed by atoms with van der Waals surface area (Å²) >= 11 is 0. The van der Waals surface area contributed by atoms with Crippen molar-refractivity contribution in [1.82, 2.24) is 25.7 Å². The minimum absolute atomic E-state index is 0.0280. The fraction of sp³-hybridized carbons (Fsp3) is 0.571. The lowest BCUT2D eigenvalue weighted by molar-refractivity contribution is -0.138. The molecule has 1 atom stereocenters. The van der Waals surface area contributed by atoms with Gasteiger partial charge in [0, 0.05) is 24.3 Å². The van der Waals surface area contributed by atoms with Gasteiger partial charge in [0.05, 0.1) is 12.6 Å². The zero-order chi connectivity index (χ0) is 15.9. The summed E-state index contributed by atoms with van der Waals surface area (Å²) in [6, 6.07) is -1.42. The first-order valence-electron chi connectivity index (χ1n) is 7.24. The zero-order valence-corrected chi connectivity index (χ0v) is 12.6. The topological polar surface area (TPSA) is 107 Å².